The van der Waals surface area contributed by atoms with Crippen LogP contribution in [0.4, 0.5) is 4.39 Å². The lowest BCUT2D eigenvalue weighted by atomic mass is 10.1. The van der Waals surface area contributed by atoms with Crippen molar-refractivity contribution in [3.8, 4) is 0 Å². The second kappa shape index (κ2) is 5.64. The first-order chi connectivity index (χ1) is 8.53. The lowest BCUT2D eigenvalue weighted by Crippen LogP contribution is -2.42. The Hall–Kier alpha value is -0.500. The number of hydrogen-bond donors (Lipinski definition) is 0. The quantitative estimate of drug-likeness (QED) is 0.791. The zero-order valence-corrected chi connectivity index (χ0v) is 12.0. The Morgan fingerprint density at radius 1 is 1.39 bits per heavy atom. The van der Waals surface area contributed by atoms with E-state index in [1.807, 2.05) is 0 Å². The van der Waals surface area contributed by atoms with Gasteiger partial charge in [-0.2, -0.15) is 4.31 Å². The second-order valence-corrected chi connectivity index (χ2v) is 7.26. The van der Waals surface area contributed by atoms with Crippen LogP contribution in [0.25, 0.3) is 0 Å². The minimum absolute atomic E-state index is 0.101. The van der Waals surface area contributed by atoms with Crippen molar-refractivity contribution in [2.24, 2.45) is 0 Å². The number of alkyl halides is 1. The van der Waals surface area contributed by atoms with E-state index in [2.05, 4.69) is 15.9 Å². The van der Waals surface area contributed by atoms with Gasteiger partial charge in [-0.25, -0.2) is 12.8 Å². The van der Waals surface area contributed by atoms with Crippen LogP contribution in [0.3, 0.4) is 0 Å². The van der Waals surface area contributed by atoms with Crippen molar-refractivity contribution in [2.45, 2.75) is 6.10 Å². The van der Waals surface area contributed by atoms with Gasteiger partial charge in [0, 0.05) is 13.1 Å². The summed E-state index contributed by atoms with van der Waals surface area (Å²) in [7, 11) is -3.27. The third-order valence-corrected chi connectivity index (χ3v) is 5.93. The fourth-order valence-corrected chi connectivity index (χ4v) is 3.55. The number of ether oxygens (including phenoxy) is 1. The Morgan fingerprint density at radius 2 is 2.06 bits per heavy atom. The normalized spacial score (nSPS) is 22.0. The van der Waals surface area contributed by atoms with Gasteiger partial charge in [0.15, 0.2) is 0 Å². The molecular formula is C11H13BrFNO3S. The van der Waals surface area contributed by atoms with Gasteiger partial charge in [0.2, 0.25) is 10.0 Å². The Kier molecular flexibility index (Phi) is 4.37. The summed E-state index contributed by atoms with van der Waals surface area (Å²) in [6.45, 7) is 0.958. The van der Waals surface area contributed by atoms with Crippen molar-refractivity contribution in [3.63, 3.8) is 0 Å². The number of nitrogens with zero attached hydrogens (tertiary/aromatic N) is 1. The maximum absolute atomic E-state index is 12.8. The molecule has 1 atom stereocenters. The van der Waals surface area contributed by atoms with Crippen molar-refractivity contribution in [3.05, 3.63) is 35.6 Å². The third kappa shape index (κ3) is 3.09. The summed E-state index contributed by atoms with van der Waals surface area (Å²) >= 11 is 2.97. The summed E-state index contributed by atoms with van der Waals surface area (Å²) < 4.78 is 43.1. The van der Waals surface area contributed by atoms with Gasteiger partial charge in [0.25, 0.3) is 0 Å². The molecule has 0 spiro atoms. The van der Waals surface area contributed by atoms with Crippen LogP contribution in [0.2, 0.25) is 0 Å². The monoisotopic (exact) mass is 337 g/mol. The molecule has 1 unspecified atom stereocenters. The molecule has 1 fully saturated rings. The van der Waals surface area contributed by atoms with Gasteiger partial charge in [0.05, 0.1) is 12.7 Å². The minimum Gasteiger partial charge on any atom is -0.371 e. The summed E-state index contributed by atoms with van der Waals surface area (Å²) in [5.41, 5.74) is 0.783. The molecule has 1 saturated heterocycles. The molecule has 0 amide bonds. The van der Waals surface area contributed by atoms with Gasteiger partial charge in [-0.15, -0.1) is 0 Å². The number of halogens is 2. The van der Waals surface area contributed by atoms with E-state index in [0.717, 1.165) is 5.56 Å². The largest absolute Gasteiger partial charge is 0.371 e. The summed E-state index contributed by atoms with van der Waals surface area (Å²) in [5, 5.41) is 0. The van der Waals surface area contributed by atoms with Crippen LogP contribution in [-0.2, 0) is 14.8 Å². The average Bonchev–Trinajstić information content (AvgIpc) is 2.40. The first-order valence-electron chi connectivity index (χ1n) is 5.44. The molecule has 100 valence electrons. The van der Waals surface area contributed by atoms with E-state index in [9.17, 15) is 12.8 Å². The number of rotatable bonds is 3. The smallest absolute Gasteiger partial charge is 0.224 e. The van der Waals surface area contributed by atoms with Crippen molar-refractivity contribution >= 4 is 26.0 Å². The maximum Gasteiger partial charge on any atom is 0.224 e. The lowest BCUT2D eigenvalue weighted by molar-refractivity contribution is -0.00241. The Morgan fingerprint density at radius 3 is 2.67 bits per heavy atom. The molecule has 0 bridgehead atoms. The van der Waals surface area contributed by atoms with E-state index in [0.29, 0.717) is 13.2 Å². The SMILES string of the molecule is O=S(=O)(CBr)N1CCOC(c2ccc(F)cc2)C1. The van der Waals surface area contributed by atoms with Gasteiger partial charge in [-0.1, -0.05) is 28.1 Å². The lowest BCUT2D eigenvalue weighted by Gasteiger charge is -2.31. The molecular weight excluding hydrogens is 325 g/mol. The maximum atomic E-state index is 12.8. The van der Waals surface area contributed by atoms with E-state index in [1.54, 1.807) is 12.1 Å². The molecule has 2 rings (SSSR count). The minimum atomic E-state index is -3.27. The highest BCUT2D eigenvalue weighted by atomic mass is 79.9. The number of sulfonamides is 1. The summed E-state index contributed by atoms with van der Waals surface area (Å²) in [6.07, 6.45) is -0.340. The van der Waals surface area contributed by atoms with E-state index in [4.69, 9.17) is 4.74 Å². The van der Waals surface area contributed by atoms with Crippen LogP contribution in [-0.4, -0.2) is 37.1 Å². The van der Waals surface area contributed by atoms with Crippen LogP contribution in [0.15, 0.2) is 24.3 Å². The molecule has 18 heavy (non-hydrogen) atoms. The van der Waals surface area contributed by atoms with Gasteiger partial charge >= 0.3 is 0 Å². The predicted molar refractivity (Wildman–Crippen MR) is 69.4 cm³/mol. The molecule has 1 aliphatic rings. The van der Waals surface area contributed by atoms with Crippen LogP contribution in [0.1, 0.15) is 11.7 Å². The summed E-state index contributed by atoms with van der Waals surface area (Å²) in [4.78, 5) is 0. The average molecular weight is 338 g/mol. The van der Waals surface area contributed by atoms with Gasteiger partial charge in [0.1, 0.15) is 10.5 Å². The molecule has 0 radical (unpaired) electrons. The van der Waals surface area contributed by atoms with Crippen LogP contribution in [0, 0.1) is 5.82 Å². The molecule has 1 heterocycles. The fraction of sp³-hybridized carbons (Fsp3) is 0.455. The topological polar surface area (TPSA) is 46.6 Å². The van der Waals surface area contributed by atoms with Gasteiger partial charge in [-0.3, -0.25) is 0 Å². The molecule has 4 nitrogen and oxygen atoms in total. The molecule has 0 saturated carbocycles. The Balaban J connectivity index is 2.14. The number of hydrogen-bond acceptors (Lipinski definition) is 3. The van der Waals surface area contributed by atoms with Gasteiger partial charge < -0.3 is 4.74 Å². The standard InChI is InChI=1S/C11H13BrFNO3S/c12-8-18(15,16)14-5-6-17-11(7-14)9-1-3-10(13)4-2-9/h1-4,11H,5-8H2. The van der Waals surface area contributed by atoms with Crippen molar-refractivity contribution in [1.82, 2.24) is 4.31 Å². The van der Waals surface area contributed by atoms with Crippen molar-refractivity contribution in [1.29, 1.82) is 0 Å². The fourth-order valence-electron chi connectivity index (χ4n) is 1.83. The third-order valence-electron chi connectivity index (χ3n) is 2.80. The summed E-state index contributed by atoms with van der Waals surface area (Å²) in [6, 6.07) is 5.92. The first-order valence-corrected chi connectivity index (χ1v) is 8.17. The zero-order valence-electron chi connectivity index (χ0n) is 9.55. The van der Waals surface area contributed by atoms with Crippen LogP contribution >= 0.6 is 15.9 Å². The molecule has 0 aromatic heterocycles. The Labute approximate surface area is 114 Å². The highest BCUT2D eigenvalue weighted by Crippen LogP contribution is 2.24. The molecule has 1 aromatic carbocycles. The van der Waals surface area contributed by atoms with E-state index in [-0.39, 0.29) is 23.1 Å². The van der Waals surface area contributed by atoms with E-state index >= 15 is 0 Å². The number of morpholine rings is 1. The Bertz CT molecular complexity index is 506. The highest BCUT2D eigenvalue weighted by Gasteiger charge is 2.29. The molecule has 7 heteroatoms. The van der Waals surface area contributed by atoms with E-state index < -0.39 is 10.0 Å². The van der Waals surface area contributed by atoms with Crippen molar-refractivity contribution in [2.75, 3.05) is 24.4 Å². The predicted octanol–water partition coefficient (Wildman–Crippen LogP) is 1.88. The van der Waals surface area contributed by atoms with Crippen molar-refractivity contribution < 1.29 is 17.5 Å². The molecule has 1 aliphatic heterocycles. The van der Waals surface area contributed by atoms with Gasteiger partial charge in [-0.05, 0) is 17.7 Å². The summed E-state index contributed by atoms with van der Waals surface area (Å²) in [5.74, 6) is -0.320. The van der Waals surface area contributed by atoms with E-state index in [1.165, 1.54) is 16.4 Å². The molecule has 0 N–H and O–H groups in total. The number of benzene rings is 1. The molecule has 1 aromatic rings. The highest BCUT2D eigenvalue weighted by molar-refractivity contribution is 9.10. The molecule has 0 aliphatic carbocycles. The van der Waals surface area contributed by atoms with Crippen LogP contribution in [0.5, 0.6) is 0 Å². The zero-order chi connectivity index (χ0) is 13.2. The second-order valence-electron chi connectivity index (χ2n) is 3.99. The first kappa shape index (κ1) is 13.9. The van der Waals surface area contributed by atoms with Crippen LogP contribution < -0.4 is 0 Å².